The molecule has 0 spiro atoms. The first-order chi connectivity index (χ1) is 11.1. The topological polar surface area (TPSA) is 58.1 Å². The fraction of sp³-hybridized carbons (Fsp3) is 0.353. The van der Waals surface area contributed by atoms with E-state index >= 15 is 0 Å². The van der Waals surface area contributed by atoms with Gasteiger partial charge in [-0.3, -0.25) is 4.79 Å². The zero-order valence-electron chi connectivity index (χ0n) is 13.4. The zero-order chi connectivity index (χ0) is 16.7. The molecule has 0 radical (unpaired) electrons. The third-order valence-electron chi connectivity index (χ3n) is 3.28. The predicted octanol–water partition coefficient (Wildman–Crippen LogP) is 3.49. The van der Waals surface area contributed by atoms with Crippen molar-refractivity contribution in [1.82, 2.24) is 9.97 Å². The zero-order valence-corrected chi connectivity index (χ0v) is 13.4. The number of anilines is 2. The summed E-state index contributed by atoms with van der Waals surface area (Å²) in [5.41, 5.74) is 0.742. The maximum Gasteiger partial charge on any atom is 0.275 e. The van der Waals surface area contributed by atoms with Gasteiger partial charge in [-0.25, -0.2) is 14.4 Å². The average Bonchev–Trinajstić information content (AvgIpc) is 2.57. The van der Waals surface area contributed by atoms with Crippen LogP contribution < -0.4 is 10.2 Å². The van der Waals surface area contributed by atoms with Gasteiger partial charge < -0.3 is 10.2 Å². The van der Waals surface area contributed by atoms with E-state index in [1.165, 1.54) is 30.5 Å². The van der Waals surface area contributed by atoms with Crippen LogP contribution in [0.25, 0.3) is 0 Å². The number of halogens is 1. The molecule has 0 bridgehead atoms. The van der Waals surface area contributed by atoms with E-state index in [1.54, 1.807) is 6.20 Å². The van der Waals surface area contributed by atoms with E-state index in [9.17, 15) is 9.18 Å². The van der Waals surface area contributed by atoms with Crippen LogP contribution in [0.2, 0.25) is 0 Å². The molecule has 2 rings (SSSR count). The molecular formula is C17H21FN4O. The van der Waals surface area contributed by atoms with Crippen molar-refractivity contribution in [2.75, 3.05) is 23.3 Å². The van der Waals surface area contributed by atoms with Crippen LogP contribution >= 0.6 is 0 Å². The number of aromatic nitrogens is 2. The number of carbonyl (C=O) groups is 1. The van der Waals surface area contributed by atoms with E-state index < -0.39 is 0 Å². The summed E-state index contributed by atoms with van der Waals surface area (Å²) < 4.78 is 12.9. The molecule has 23 heavy (non-hydrogen) atoms. The lowest BCUT2D eigenvalue weighted by Crippen LogP contribution is -2.26. The first kappa shape index (κ1) is 16.9. The Labute approximate surface area is 135 Å². The summed E-state index contributed by atoms with van der Waals surface area (Å²) in [6, 6.07) is 5.58. The fourth-order valence-electron chi connectivity index (χ4n) is 2.21. The minimum absolute atomic E-state index is 0.228. The third kappa shape index (κ3) is 4.74. The molecule has 5 nitrogen and oxygen atoms in total. The maximum absolute atomic E-state index is 12.9. The average molecular weight is 316 g/mol. The van der Waals surface area contributed by atoms with E-state index in [2.05, 4.69) is 34.0 Å². The van der Waals surface area contributed by atoms with Gasteiger partial charge in [0, 0.05) is 18.8 Å². The Morgan fingerprint density at radius 1 is 1.09 bits per heavy atom. The molecule has 0 fully saturated rings. The number of benzene rings is 1. The number of amides is 1. The molecule has 0 atom stereocenters. The van der Waals surface area contributed by atoms with Crippen molar-refractivity contribution in [2.24, 2.45) is 0 Å². The Hall–Kier alpha value is -2.50. The highest BCUT2D eigenvalue weighted by Gasteiger charge is 2.11. The second-order valence-corrected chi connectivity index (χ2v) is 5.21. The molecule has 0 saturated carbocycles. The molecule has 0 unspecified atom stereocenters. The Morgan fingerprint density at radius 3 is 2.26 bits per heavy atom. The SMILES string of the molecule is CCCN(CCC)c1cnc(C(=O)Nc2ccc(F)cc2)cn1. The Kier molecular flexibility index (Phi) is 6.02. The van der Waals surface area contributed by atoms with Crippen molar-refractivity contribution in [3.05, 3.63) is 48.2 Å². The van der Waals surface area contributed by atoms with E-state index in [0.29, 0.717) is 5.69 Å². The molecule has 0 saturated heterocycles. The molecule has 1 N–H and O–H groups in total. The normalized spacial score (nSPS) is 10.4. The van der Waals surface area contributed by atoms with Crippen LogP contribution in [-0.2, 0) is 0 Å². The molecule has 1 aromatic heterocycles. The van der Waals surface area contributed by atoms with E-state index in [0.717, 1.165) is 31.7 Å². The van der Waals surface area contributed by atoms with Gasteiger partial charge in [0.25, 0.3) is 5.91 Å². The molecule has 2 aromatic rings. The van der Waals surface area contributed by atoms with Gasteiger partial charge in [0.1, 0.15) is 17.3 Å². The lowest BCUT2D eigenvalue weighted by Gasteiger charge is -2.22. The van der Waals surface area contributed by atoms with Crippen molar-refractivity contribution in [3.63, 3.8) is 0 Å². The fourth-order valence-corrected chi connectivity index (χ4v) is 2.21. The highest BCUT2D eigenvalue weighted by molar-refractivity contribution is 6.02. The van der Waals surface area contributed by atoms with Gasteiger partial charge in [0.2, 0.25) is 0 Å². The van der Waals surface area contributed by atoms with Gasteiger partial charge in [0.05, 0.1) is 12.4 Å². The maximum atomic E-state index is 12.9. The number of rotatable bonds is 7. The third-order valence-corrected chi connectivity index (χ3v) is 3.28. The molecule has 0 aliphatic rings. The van der Waals surface area contributed by atoms with Crippen LogP contribution in [0.15, 0.2) is 36.7 Å². The van der Waals surface area contributed by atoms with Crippen LogP contribution in [0, 0.1) is 5.82 Å². The van der Waals surface area contributed by atoms with Gasteiger partial charge in [-0.1, -0.05) is 13.8 Å². The van der Waals surface area contributed by atoms with Gasteiger partial charge in [-0.05, 0) is 37.1 Å². The van der Waals surface area contributed by atoms with Crippen molar-refractivity contribution >= 4 is 17.4 Å². The monoisotopic (exact) mass is 316 g/mol. The van der Waals surface area contributed by atoms with Crippen molar-refractivity contribution < 1.29 is 9.18 Å². The minimum Gasteiger partial charge on any atom is -0.355 e. The summed E-state index contributed by atoms with van der Waals surface area (Å²) in [7, 11) is 0. The molecule has 1 heterocycles. The second-order valence-electron chi connectivity index (χ2n) is 5.21. The largest absolute Gasteiger partial charge is 0.355 e. The molecule has 6 heteroatoms. The summed E-state index contributed by atoms with van der Waals surface area (Å²) in [6.45, 7) is 6.04. The van der Waals surface area contributed by atoms with Crippen molar-refractivity contribution in [2.45, 2.75) is 26.7 Å². The van der Waals surface area contributed by atoms with E-state index in [-0.39, 0.29) is 17.4 Å². The molecule has 122 valence electrons. The Balaban J connectivity index is 2.05. The lowest BCUT2D eigenvalue weighted by atomic mass is 10.3. The van der Waals surface area contributed by atoms with E-state index in [4.69, 9.17) is 0 Å². The molecule has 0 aliphatic heterocycles. The van der Waals surface area contributed by atoms with Gasteiger partial charge in [-0.15, -0.1) is 0 Å². The second kappa shape index (κ2) is 8.22. The molecule has 1 amide bonds. The quantitative estimate of drug-likeness (QED) is 0.849. The number of nitrogens with zero attached hydrogens (tertiary/aromatic N) is 3. The van der Waals surface area contributed by atoms with Gasteiger partial charge >= 0.3 is 0 Å². The summed E-state index contributed by atoms with van der Waals surface area (Å²) >= 11 is 0. The predicted molar refractivity (Wildman–Crippen MR) is 89.2 cm³/mol. The number of hydrogen-bond donors (Lipinski definition) is 1. The smallest absolute Gasteiger partial charge is 0.275 e. The van der Waals surface area contributed by atoms with Crippen LogP contribution in [0.3, 0.4) is 0 Å². The molecular weight excluding hydrogens is 295 g/mol. The number of hydrogen-bond acceptors (Lipinski definition) is 4. The lowest BCUT2D eigenvalue weighted by molar-refractivity contribution is 0.102. The Morgan fingerprint density at radius 2 is 1.74 bits per heavy atom. The summed E-state index contributed by atoms with van der Waals surface area (Å²) in [4.78, 5) is 22.8. The van der Waals surface area contributed by atoms with E-state index in [1.807, 2.05) is 0 Å². The standard InChI is InChI=1S/C17H21FN4O/c1-3-9-22(10-4-2)16-12-19-15(11-20-16)17(23)21-14-7-5-13(18)6-8-14/h5-8,11-12H,3-4,9-10H2,1-2H3,(H,21,23). The van der Waals surface area contributed by atoms with Gasteiger partial charge in [-0.2, -0.15) is 0 Å². The highest BCUT2D eigenvalue weighted by Crippen LogP contribution is 2.12. The van der Waals surface area contributed by atoms with Crippen LogP contribution in [0.1, 0.15) is 37.2 Å². The van der Waals surface area contributed by atoms with Crippen LogP contribution in [-0.4, -0.2) is 29.0 Å². The Bertz CT molecular complexity index is 622. The van der Waals surface area contributed by atoms with Gasteiger partial charge in [0.15, 0.2) is 0 Å². The summed E-state index contributed by atoms with van der Waals surface area (Å²) in [5.74, 6) is 0.0549. The number of carbonyl (C=O) groups excluding carboxylic acids is 1. The first-order valence-electron chi connectivity index (χ1n) is 7.78. The minimum atomic E-state index is -0.367. The highest BCUT2D eigenvalue weighted by atomic mass is 19.1. The first-order valence-corrected chi connectivity index (χ1v) is 7.78. The van der Waals surface area contributed by atoms with Crippen molar-refractivity contribution in [3.8, 4) is 0 Å². The summed E-state index contributed by atoms with van der Waals surface area (Å²) in [6.07, 6.45) is 5.13. The summed E-state index contributed by atoms with van der Waals surface area (Å²) in [5, 5.41) is 2.66. The molecule has 1 aromatic carbocycles. The van der Waals surface area contributed by atoms with Crippen LogP contribution in [0.5, 0.6) is 0 Å². The van der Waals surface area contributed by atoms with Crippen LogP contribution in [0.4, 0.5) is 15.9 Å². The van der Waals surface area contributed by atoms with Crippen molar-refractivity contribution in [1.29, 1.82) is 0 Å². The number of nitrogens with one attached hydrogen (secondary N) is 1. The molecule has 0 aliphatic carbocycles.